The van der Waals surface area contributed by atoms with E-state index in [4.69, 9.17) is 16.2 Å². The molecule has 1 unspecified atom stereocenters. The molecule has 2 fully saturated rings. The lowest BCUT2D eigenvalue weighted by molar-refractivity contribution is -0.0675. The Morgan fingerprint density at radius 3 is 2.82 bits per heavy atom. The lowest BCUT2D eigenvalue weighted by Gasteiger charge is -2.26. The Bertz CT molecular complexity index is 1440. The molecule has 0 amide bonds. The highest BCUT2D eigenvalue weighted by Gasteiger charge is 2.61. The van der Waals surface area contributed by atoms with Gasteiger partial charge in [-0.3, -0.25) is 0 Å². The summed E-state index contributed by atoms with van der Waals surface area (Å²) in [5.74, 6) is 1.40. The van der Waals surface area contributed by atoms with Gasteiger partial charge in [-0.15, -0.1) is 0 Å². The van der Waals surface area contributed by atoms with Crippen LogP contribution < -0.4 is 11.5 Å². The van der Waals surface area contributed by atoms with Crippen molar-refractivity contribution in [3.05, 3.63) is 52.4 Å². The molecule has 1 aromatic carbocycles. The molecule has 0 spiro atoms. The van der Waals surface area contributed by atoms with E-state index in [9.17, 15) is 10.2 Å². The Morgan fingerprint density at radius 1 is 1.18 bits per heavy atom. The summed E-state index contributed by atoms with van der Waals surface area (Å²) in [5.41, 5.74) is 13.2. The minimum absolute atomic E-state index is 0.0400. The highest BCUT2D eigenvalue weighted by Crippen LogP contribution is 2.50. The molecule has 9 nitrogen and oxygen atoms in total. The number of aliphatic hydroxyl groups excluding tert-OH is 1. The SMILES string of the molecule is Cc1nc(N)c2ccn([C@@H]3O[C@@H]4[C@H](Cc5ccc6cc(Br)c(N)nc6c5)CC[C@]4(O)C3O)c2n1. The lowest BCUT2D eigenvalue weighted by Crippen LogP contribution is -2.45. The summed E-state index contributed by atoms with van der Waals surface area (Å²) in [6, 6.07) is 9.88. The van der Waals surface area contributed by atoms with E-state index in [-0.39, 0.29) is 5.92 Å². The first-order valence-electron chi connectivity index (χ1n) is 11.3. The zero-order valence-electron chi connectivity index (χ0n) is 18.5. The topological polar surface area (TPSA) is 145 Å². The minimum Gasteiger partial charge on any atom is -0.385 e. The number of benzene rings is 1. The van der Waals surface area contributed by atoms with Crippen LogP contribution >= 0.6 is 15.9 Å². The van der Waals surface area contributed by atoms with E-state index in [1.165, 1.54) is 0 Å². The van der Waals surface area contributed by atoms with Crippen LogP contribution in [0.1, 0.15) is 30.5 Å². The van der Waals surface area contributed by atoms with Crippen LogP contribution in [0.3, 0.4) is 0 Å². The molecule has 5 atom stereocenters. The van der Waals surface area contributed by atoms with Gasteiger partial charge < -0.3 is 31.0 Å². The van der Waals surface area contributed by atoms with E-state index in [1.807, 2.05) is 24.3 Å². The minimum atomic E-state index is -1.33. The first kappa shape index (κ1) is 21.7. The predicted octanol–water partition coefficient (Wildman–Crippen LogP) is 2.86. The number of anilines is 2. The summed E-state index contributed by atoms with van der Waals surface area (Å²) in [6.07, 6.45) is 1.31. The Morgan fingerprint density at radius 2 is 2.00 bits per heavy atom. The van der Waals surface area contributed by atoms with Crippen LogP contribution in [0.4, 0.5) is 11.6 Å². The van der Waals surface area contributed by atoms with Gasteiger partial charge in [-0.05, 0) is 71.8 Å². The van der Waals surface area contributed by atoms with Crippen LogP contribution in [0.15, 0.2) is 41.0 Å². The fourth-order valence-electron chi connectivity index (χ4n) is 5.57. The average molecular weight is 525 g/mol. The first-order chi connectivity index (χ1) is 16.2. The van der Waals surface area contributed by atoms with Crippen molar-refractivity contribution >= 4 is 49.5 Å². The van der Waals surface area contributed by atoms with Crippen LogP contribution in [0.2, 0.25) is 0 Å². The van der Waals surface area contributed by atoms with E-state index in [2.05, 4.69) is 36.9 Å². The third-order valence-electron chi connectivity index (χ3n) is 7.25. The molecule has 1 aliphatic carbocycles. The van der Waals surface area contributed by atoms with Gasteiger partial charge in [0, 0.05) is 11.6 Å². The molecule has 176 valence electrons. The number of hydrogen-bond donors (Lipinski definition) is 4. The smallest absolute Gasteiger partial charge is 0.164 e. The summed E-state index contributed by atoms with van der Waals surface area (Å²) in [5, 5.41) is 24.3. The summed E-state index contributed by atoms with van der Waals surface area (Å²) >= 11 is 3.42. The van der Waals surface area contributed by atoms with Crippen molar-refractivity contribution in [1.29, 1.82) is 0 Å². The molecule has 2 aliphatic rings. The molecular formula is C24H25BrN6O3. The molecule has 4 heterocycles. The summed E-state index contributed by atoms with van der Waals surface area (Å²) < 4.78 is 8.88. The second-order valence-electron chi connectivity index (χ2n) is 9.39. The molecule has 34 heavy (non-hydrogen) atoms. The quantitative estimate of drug-likeness (QED) is 0.320. The Balaban J connectivity index is 1.30. The van der Waals surface area contributed by atoms with Gasteiger partial charge in [-0.2, -0.15) is 0 Å². The molecule has 0 bridgehead atoms. The van der Waals surface area contributed by atoms with Gasteiger partial charge in [0.25, 0.3) is 0 Å². The van der Waals surface area contributed by atoms with E-state index in [1.54, 1.807) is 17.7 Å². The van der Waals surface area contributed by atoms with Gasteiger partial charge in [0.05, 0.1) is 21.5 Å². The molecule has 3 aromatic heterocycles. The van der Waals surface area contributed by atoms with Gasteiger partial charge in [0.15, 0.2) is 6.23 Å². The van der Waals surface area contributed by atoms with Crippen molar-refractivity contribution in [3.8, 4) is 0 Å². The number of nitrogens with zero attached hydrogens (tertiary/aromatic N) is 4. The molecule has 1 aliphatic heterocycles. The van der Waals surface area contributed by atoms with Crippen LogP contribution in [-0.2, 0) is 11.2 Å². The molecule has 0 radical (unpaired) electrons. The van der Waals surface area contributed by atoms with Crippen molar-refractivity contribution in [3.63, 3.8) is 0 Å². The van der Waals surface area contributed by atoms with E-state index >= 15 is 0 Å². The van der Waals surface area contributed by atoms with Crippen LogP contribution in [0.25, 0.3) is 21.9 Å². The summed E-state index contributed by atoms with van der Waals surface area (Å²) in [4.78, 5) is 13.2. The van der Waals surface area contributed by atoms with Crippen molar-refractivity contribution < 1.29 is 14.9 Å². The lowest BCUT2D eigenvalue weighted by atomic mass is 9.90. The van der Waals surface area contributed by atoms with E-state index in [0.717, 1.165) is 27.4 Å². The fourth-order valence-corrected chi connectivity index (χ4v) is 5.90. The second kappa shape index (κ2) is 7.61. The molecule has 1 saturated carbocycles. The van der Waals surface area contributed by atoms with Gasteiger partial charge in [-0.25, -0.2) is 15.0 Å². The zero-order valence-corrected chi connectivity index (χ0v) is 20.1. The van der Waals surface area contributed by atoms with Gasteiger partial charge in [0.1, 0.15) is 34.8 Å². The maximum absolute atomic E-state index is 11.5. The molecule has 10 heteroatoms. The number of hydrogen-bond acceptors (Lipinski definition) is 8. The number of aliphatic hydroxyl groups is 2. The third-order valence-corrected chi connectivity index (χ3v) is 7.89. The average Bonchev–Trinajstić information content (AvgIpc) is 3.42. The van der Waals surface area contributed by atoms with E-state index in [0.29, 0.717) is 41.3 Å². The van der Waals surface area contributed by atoms with Crippen LogP contribution in [0.5, 0.6) is 0 Å². The molecule has 6 N–H and O–H groups in total. The second-order valence-corrected chi connectivity index (χ2v) is 10.2. The van der Waals surface area contributed by atoms with Gasteiger partial charge >= 0.3 is 0 Å². The highest BCUT2D eigenvalue weighted by molar-refractivity contribution is 9.10. The number of halogens is 1. The number of pyridine rings is 1. The maximum Gasteiger partial charge on any atom is 0.164 e. The van der Waals surface area contributed by atoms with Crippen molar-refractivity contribution in [2.45, 2.75) is 50.2 Å². The summed E-state index contributed by atoms with van der Waals surface area (Å²) in [6.45, 7) is 1.77. The van der Waals surface area contributed by atoms with Crippen LogP contribution in [-0.4, -0.2) is 47.5 Å². The normalized spacial score (nSPS) is 28.7. The monoisotopic (exact) mass is 524 g/mol. The Labute approximate surface area is 203 Å². The standard InChI is InChI=1S/C24H25BrN6O3/c1-11-28-20(26)15-5-7-31(22(15)29-11)23-18(32)24(33)6-4-14(19(24)34-23)8-12-2-3-13-10-16(25)21(27)30-17(13)9-12/h2-3,5,7,9-10,14,18-19,23,32-33H,4,6,8H2,1H3,(H2,27,30)(H2,26,28,29)/t14-,18?,19+,23+,24-/m0/s1. The number of nitrogens with two attached hydrogens (primary N) is 2. The van der Waals surface area contributed by atoms with Gasteiger partial charge in [-0.1, -0.05) is 12.1 Å². The maximum atomic E-state index is 11.5. The largest absolute Gasteiger partial charge is 0.385 e. The van der Waals surface area contributed by atoms with Gasteiger partial charge in [0.2, 0.25) is 0 Å². The van der Waals surface area contributed by atoms with Crippen molar-refractivity contribution in [1.82, 2.24) is 19.5 Å². The fraction of sp³-hybridized carbons (Fsp3) is 0.375. The highest BCUT2D eigenvalue weighted by atomic mass is 79.9. The van der Waals surface area contributed by atoms with E-state index < -0.39 is 24.0 Å². The zero-order chi connectivity index (χ0) is 23.8. The van der Waals surface area contributed by atoms with Crippen molar-refractivity contribution in [2.24, 2.45) is 5.92 Å². The molecule has 1 saturated heterocycles. The number of aromatic nitrogens is 4. The molecular weight excluding hydrogens is 500 g/mol. The Hall–Kier alpha value is -2.79. The Kier molecular flexibility index (Phi) is 4.86. The first-order valence-corrected chi connectivity index (χ1v) is 12.0. The molecule has 4 aromatic rings. The van der Waals surface area contributed by atoms with Crippen LogP contribution in [0, 0.1) is 12.8 Å². The number of nitrogen functional groups attached to an aromatic ring is 2. The molecule has 6 rings (SSSR count). The predicted molar refractivity (Wildman–Crippen MR) is 132 cm³/mol. The number of ether oxygens (including phenoxy) is 1. The third kappa shape index (κ3) is 3.20. The summed E-state index contributed by atoms with van der Waals surface area (Å²) in [7, 11) is 0. The number of aryl methyl sites for hydroxylation is 1. The number of rotatable bonds is 3. The number of fused-ring (bicyclic) bond motifs is 3. The van der Waals surface area contributed by atoms with Crippen molar-refractivity contribution in [2.75, 3.05) is 11.5 Å².